The summed E-state index contributed by atoms with van der Waals surface area (Å²) in [4.78, 5) is 0. The van der Waals surface area contributed by atoms with Crippen molar-refractivity contribution in [1.29, 1.82) is 0 Å². The van der Waals surface area contributed by atoms with E-state index in [-0.39, 0.29) is 11.3 Å². The molecule has 0 spiro atoms. The fraction of sp³-hybridized carbons (Fsp3) is 0.538. The zero-order chi connectivity index (χ0) is 12.1. The van der Waals surface area contributed by atoms with E-state index >= 15 is 0 Å². The van der Waals surface area contributed by atoms with Crippen LogP contribution in [0, 0.1) is 0 Å². The topological polar surface area (TPSA) is 9.23 Å². The second kappa shape index (κ2) is 5.73. The van der Waals surface area contributed by atoms with Crippen LogP contribution in [-0.4, -0.2) is 22.6 Å². The summed E-state index contributed by atoms with van der Waals surface area (Å²) in [6, 6.07) is 9.97. The molecule has 1 heterocycles. The van der Waals surface area contributed by atoms with Crippen LogP contribution in [0.1, 0.15) is 24.8 Å². The Bertz CT molecular complexity index is 337. The third-order valence-corrected chi connectivity index (χ3v) is 5.92. The summed E-state index contributed by atoms with van der Waals surface area (Å²) in [6.07, 6.45) is 0.867. The fourth-order valence-electron chi connectivity index (χ4n) is 2.51. The Morgan fingerprint density at radius 3 is 2.59 bits per heavy atom. The highest BCUT2D eigenvalue weighted by molar-refractivity contribution is 6.39. The molecule has 1 fully saturated rings. The van der Waals surface area contributed by atoms with Crippen LogP contribution in [0.4, 0.5) is 8.78 Å². The molecule has 17 heavy (non-hydrogen) atoms. The van der Waals surface area contributed by atoms with Crippen LogP contribution < -0.4 is 0 Å². The number of rotatable bonds is 4. The maximum absolute atomic E-state index is 12.5. The summed E-state index contributed by atoms with van der Waals surface area (Å²) in [5.41, 5.74) is 1.10. The molecule has 0 aliphatic carbocycles. The van der Waals surface area contributed by atoms with Gasteiger partial charge in [0, 0.05) is 12.7 Å². The predicted molar refractivity (Wildman–Crippen MR) is 67.3 cm³/mol. The number of hydrogen-bond acceptors (Lipinski definition) is 1. The van der Waals surface area contributed by atoms with E-state index in [4.69, 9.17) is 4.74 Å². The molecule has 1 aromatic rings. The van der Waals surface area contributed by atoms with Gasteiger partial charge in [0.05, 0.1) is 14.7 Å². The summed E-state index contributed by atoms with van der Waals surface area (Å²) in [5, 5.41) is -0.337. The van der Waals surface area contributed by atoms with E-state index in [0.717, 1.165) is 24.8 Å². The molecule has 94 valence electrons. The molecule has 1 aromatic carbocycles. The van der Waals surface area contributed by atoms with Gasteiger partial charge in [0.2, 0.25) is 6.43 Å². The third-order valence-electron chi connectivity index (χ3n) is 3.42. The first-order valence-corrected chi connectivity index (χ1v) is 7.91. The minimum absolute atomic E-state index is 0.0505. The summed E-state index contributed by atoms with van der Waals surface area (Å²) >= 11 is 0. The molecule has 0 saturated carbocycles. The molecule has 1 aliphatic rings. The quantitative estimate of drug-likeness (QED) is 0.753. The van der Waals surface area contributed by atoms with E-state index in [1.165, 1.54) is 0 Å². The highest BCUT2D eigenvalue weighted by Gasteiger charge is 2.35. The molecule has 0 N–H and O–H groups in total. The molecule has 1 unspecified atom stereocenters. The Morgan fingerprint density at radius 1 is 1.24 bits per heavy atom. The summed E-state index contributed by atoms with van der Waals surface area (Å²) < 4.78 is 30.8. The lowest BCUT2D eigenvalue weighted by molar-refractivity contribution is -0.0251. The Kier molecular flexibility index (Phi) is 4.29. The van der Waals surface area contributed by atoms with Crippen LogP contribution >= 0.6 is 0 Å². The SMILES string of the molecule is FC(F)C[SiH2]C1(c2ccccc2)CCCCO1. The lowest BCUT2D eigenvalue weighted by Gasteiger charge is -2.38. The van der Waals surface area contributed by atoms with Crippen molar-refractivity contribution in [2.24, 2.45) is 0 Å². The minimum Gasteiger partial charge on any atom is -0.375 e. The summed E-state index contributed by atoms with van der Waals surface area (Å²) in [6.45, 7) is 0.713. The predicted octanol–water partition coefficient (Wildman–Crippen LogP) is 2.89. The van der Waals surface area contributed by atoms with Gasteiger partial charge in [-0.05, 0) is 24.8 Å². The molecule has 2 rings (SSSR count). The van der Waals surface area contributed by atoms with Crippen molar-refractivity contribution >= 4 is 9.52 Å². The summed E-state index contributed by atoms with van der Waals surface area (Å²) in [7, 11) is -0.959. The third kappa shape index (κ3) is 3.13. The van der Waals surface area contributed by atoms with E-state index in [9.17, 15) is 8.78 Å². The van der Waals surface area contributed by atoms with Gasteiger partial charge >= 0.3 is 0 Å². The van der Waals surface area contributed by atoms with Crippen LogP contribution in [0.25, 0.3) is 0 Å². The lowest BCUT2D eigenvalue weighted by atomic mass is 10.0. The van der Waals surface area contributed by atoms with Gasteiger partial charge < -0.3 is 4.74 Å². The molecule has 0 radical (unpaired) electrons. The molecule has 4 heteroatoms. The monoisotopic (exact) mass is 256 g/mol. The lowest BCUT2D eigenvalue weighted by Crippen LogP contribution is -2.40. The van der Waals surface area contributed by atoms with Crippen LogP contribution in [0.5, 0.6) is 0 Å². The van der Waals surface area contributed by atoms with Gasteiger partial charge in [-0.15, -0.1) is 0 Å². The normalized spacial score (nSPS) is 25.8. The number of benzene rings is 1. The second-order valence-corrected chi connectivity index (χ2v) is 6.82. The maximum atomic E-state index is 12.5. The number of hydrogen-bond donors (Lipinski definition) is 0. The van der Waals surface area contributed by atoms with E-state index in [1.807, 2.05) is 30.3 Å². The Hall–Kier alpha value is -0.743. The highest BCUT2D eigenvalue weighted by Crippen LogP contribution is 2.35. The smallest absolute Gasteiger partial charge is 0.236 e. The van der Waals surface area contributed by atoms with Gasteiger partial charge in [-0.25, -0.2) is 8.78 Å². The molecule has 1 saturated heterocycles. The zero-order valence-electron chi connectivity index (χ0n) is 9.87. The zero-order valence-corrected chi connectivity index (χ0v) is 11.3. The average Bonchev–Trinajstić information content (AvgIpc) is 2.39. The molecule has 1 aliphatic heterocycles. The first-order chi connectivity index (χ1) is 8.23. The van der Waals surface area contributed by atoms with Gasteiger partial charge in [-0.3, -0.25) is 0 Å². The minimum atomic E-state index is -2.19. The molecule has 0 bridgehead atoms. The largest absolute Gasteiger partial charge is 0.375 e. The van der Waals surface area contributed by atoms with Gasteiger partial charge in [-0.1, -0.05) is 30.3 Å². The van der Waals surface area contributed by atoms with Gasteiger partial charge in [0.25, 0.3) is 0 Å². The molecule has 0 amide bonds. The van der Waals surface area contributed by atoms with E-state index in [2.05, 4.69) is 0 Å². The van der Waals surface area contributed by atoms with Crippen LogP contribution in [0.2, 0.25) is 6.04 Å². The van der Waals surface area contributed by atoms with Crippen molar-refractivity contribution in [3.63, 3.8) is 0 Å². The number of alkyl halides is 2. The second-order valence-electron chi connectivity index (χ2n) is 4.60. The molecular formula is C13H18F2OSi. The van der Waals surface area contributed by atoms with Crippen molar-refractivity contribution in [3.8, 4) is 0 Å². The van der Waals surface area contributed by atoms with Crippen LogP contribution in [0.15, 0.2) is 30.3 Å². The Balaban J connectivity index is 2.17. The standard InChI is InChI=1S/C13H18F2OSi/c14-12(15)10-17-13(8-4-5-9-16-13)11-6-2-1-3-7-11/h1-3,6-7,12H,4-5,8-10,17H2. The van der Waals surface area contributed by atoms with E-state index in [0.29, 0.717) is 6.61 Å². The van der Waals surface area contributed by atoms with Crippen molar-refractivity contribution in [1.82, 2.24) is 0 Å². The van der Waals surface area contributed by atoms with Crippen LogP contribution in [0.3, 0.4) is 0 Å². The molecule has 0 aromatic heterocycles. The average molecular weight is 256 g/mol. The van der Waals surface area contributed by atoms with E-state index < -0.39 is 15.9 Å². The first-order valence-electron chi connectivity index (χ1n) is 6.21. The molecule has 1 atom stereocenters. The maximum Gasteiger partial charge on any atom is 0.236 e. The summed E-state index contributed by atoms with van der Waals surface area (Å²) in [5.74, 6) is 0. The number of halogens is 2. The first kappa shape index (κ1) is 12.7. The van der Waals surface area contributed by atoms with Crippen molar-refractivity contribution < 1.29 is 13.5 Å². The van der Waals surface area contributed by atoms with E-state index in [1.54, 1.807) is 0 Å². The van der Waals surface area contributed by atoms with Gasteiger partial charge in [0.15, 0.2) is 0 Å². The highest BCUT2D eigenvalue weighted by atomic mass is 28.2. The molecular weight excluding hydrogens is 238 g/mol. The van der Waals surface area contributed by atoms with Crippen molar-refractivity contribution in [2.75, 3.05) is 6.61 Å². The fourth-order valence-corrected chi connectivity index (χ4v) is 4.50. The van der Waals surface area contributed by atoms with Crippen molar-refractivity contribution in [3.05, 3.63) is 35.9 Å². The Morgan fingerprint density at radius 2 is 2.00 bits per heavy atom. The Labute approximate surface area is 103 Å². The van der Waals surface area contributed by atoms with Crippen LogP contribution in [-0.2, 0) is 9.96 Å². The number of ether oxygens (including phenoxy) is 1. The van der Waals surface area contributed by atoms with Gasteiger partial charge in [-0.2, -0.15) is 0 Å². The molecule has 1 nitrogen and oxygen atoms in total. The van der Waals surface area contributed by atoms with Crippen molar-refractivity contribution in [2.45, 2.75) is 37.0 Å². The van der Waals surface area contributed by atoms with Gasteiger partial charge in [0.1, 0.15) is 0 Å².